The summed E-state index contributed by atoms with van der Waals surface area (Å²) in [5.74, 6) is 0.515. The summed E-state index contributed by atoms with van der Waals surface area (Å²) in [6.07, 6.45) is 4.09. The first-order chi connectivity index (χ1) is 13.6. The van der Waals surface area contributed by atoms with E-state index in [1.54, 1.807) is 11.3 Å². The predicted molar refractivity (Wildman–Crippen MR) is 114 cm³/mol. The Morgan fingerprint density at radius 2 is 2.04 bits per heavy atom. The molecule has 2 aromatic carbocycles. The Morgan fingerprint density at radius 3 is 2.82 bits per heavy atom. The number of nitrogens with zero attached hydrogens (tertiary/aromatic N) is 3. The SMILES string of the molecule is CC(C)Cc1ccc(-c2nnc(-c3cccc4c3CCCC4N)s2)cc1C#N. The van der Waals surface area contributed by atoms with Crippen molar-refractivity contribution in [2.45, 2.75) is 45.6 Å². The molecular weight excluding hydrogens is 364 g/mol. The molecule has 0 spiro atoms. The summed E-state index contributed by atoms with van der Waals surface area (Å²) in [6, 6.07) is 14.8. The molecule has 1 unspecified atom stereocenters. The maximum absolute atomic E-state index is 9.55. The molecule has 2 N–H and O–H groups in total. The maximum atomic E-state index is 9.55. The molecule has 1 aliphatic carbocycles. The fourth-order valence-corrected chi connectivity index (χ4v) is 4.86. The highest BCUT2D eigenvalue weighted by molar-refractivity contribution is 7.17. The molecule has 1 aliphatic rings. The fraction of sp³-hybridized carbons (Fsp3) is 0.348. The Bertz CT molecular complexity index is 1040. The molecule has 4 rings (SSSR count). The smallest absolute Gasteiger partial charge is 0.148 e. The van der Waals surface area contributed by atoms with Crippen molar-refractivity contribution in [2.24, 2.45) is 11.7 Å². The van der Waals surface area contributed by atoms with Crippen LogP contribution in [-0.2, 0) is 12.8 Å². The molecular formula is C23H24N4S. The van der Waals surface area contributed by atoms with E-state index in [2.05, 4.69) is 60.4 Å². The van der Waals surface area contributed by atoms with E-state index in [1.165, 1.54) is 11.1 Å². The van der Waals surface area contributed by atoms with Crippen LogP contribution in [0.3, 0.4) is 0 Å². The Hall–Kier alpha value is -2.55. The molecule has 28 heavy (non-hydrogen) atoms. The molecule has 0 radical (unpaired) electrons. The minimum Gasteiger partial charge on any atom is -0.324 e. The van der Waals surface area contributed by atoms with E-state index in [4.69, 9.17) is 5.73 Å². The summed E-state index contributed by atoms with van der Waals surface area (Å²) in [5.41, 5.74) is 12.8. The molecule has 0 aliphatic heterocycles. The summed E-state index contributed by atoms with van der Waals surface area (Å²) in [5, 5.41) is 20.2. The second-order valence-corrected chi connectivity index (χ2v) is 8.84. The molecule has 0 amide bonds. The van der Waals surface area contributed by atoms with Gasteiger partial charge in [0.25, 0.3) is 0 Å². The van der Waals surface area contributed by atoms with E-state index < -0.39 is 0 Å². The van der Waals surface area contributed by atoms with Crippen molar-refractivity contribution in [3.8, 4) is 27.2 Å². The molecule has 0 saturated heterocycles. The largest absolute Gasteiger partial charge is 0.324 e. The lowest BCUT2D eigenvalue weighted by Crippen LogP contribution is -2.17. The van der Waals surface area contributed by atoms with Crippen molar-refractivity contribution < 1.29 is 0 Å². The highest BCUT2D eigenvalue weighted by Gasteiger charge is 2.21. The van der Waals surface area contributed by atoms with Crippen LogP contribution in [-0.4, -0.2) is 10.2 Å². The van der Waals surface area contributed by atoms with Gasteiger partial charge in [0.2, 0.25) is 0 Å². The van der Waals surface area contributed by atoms with Crippen LogP contribution in [0, 0.1) is 17.2 Å². The van der Waals surface area contributed by atoms with Gasteiger partial charge in [0.15, 0.2) is 0 Å². The van der Waals surface area contributed by atoms with Crippen LogP contribution in [0.5, 0.6) is 0 Å². The number of hydrogen-bond donors (Lipinski definition) is 1. The van der Waals surface area contributed by atoms with Crippen LogP contribution >= 0.6 is 11.3 Å². The molecule has 1 atom stereocenters. The third kappa shape index (κ3) is 3.58. The number of hydrogen-bond acceptors (Lipinski definition) is 5. The van der Waals surface area contributed by atoms with Gasteiger partial charge in [-0.15, -0.1) is 10.2 Å². The Kier molecular flexibility index (Phi) is 5.25. The molecule has 3 aromatic rings. The van der Waals surface area contributed by atoms with Gasteiger partial charge >= 0.3 is 0 Å². The second kappa shape index (κ2) is 7.83. The third-order valence-electron chi connectivity index (χ3n) is 5.31. The standard InChI is InChI=1S/C23H24N4S/c1-14(2)11-15-9-10-16(12-17(15)13-24)22-26-27-23(28-22)20-7-3-6-19-18(20)5-4-8-21(19)25/h3,6-7,9-10,12,14,21H,4-5,8,11,25H2,1-2H3. The van der Waals surface area contributed by atoms with Gasteiger partial charge in [-0.2, -0.15) is 5.26 Å². The van der Waals surface area contributed by atoms with Crippen molar-refractivity contribution in [3.05, 3.63) is 58.7 Å². The molecule has 142 valence electrons. The van der Waals surface area contributed by atoms with E-state index >= 15 is 0 Å². The average molecular weight is 389 g/mol. The zero-order valence-corrected chi connectivity index (χ0v) is 17.1. The first-order valence-corrected chi connectivity index (χ1v) is 10.6. The van der Waals surface area contributed by atoms with Gasteiger partial charge in [-0.05, 0) is 54.4 Å². The monoisotopic (exact) mass is 388 g/mol. The molecule has 0 saturated carbocycles. The number of fused-ring (bicyclic) bond motifs is 1. The normalized spacial score (nSPS) is 16.0. The molecule has 1 aromatic heterocycles. The van der Waals surface area contributed by atoms with Crippen LogP contribution in [0.25, 0.3) is 21.1 Å². The summed E-state index contributed by atoms with van der Waals surface area (Å²) in [4.78, 5) is 0. The van der Waals surface area contributed by atoms with Crippen molar-refractivity contribution in [2.75, 3.05) is 0 Å². The lowest BCUT2D eigenvalue weighted by atomic mass is 9.85. The second-order valence-electron chi connectivity index (χ2n) is 7.87. The zero-order valence-electron chi connectivity index (χ0n) is 16.3. The van der Waals surface area contributed by atoms with Gasteiger partial charge in [0.1, 0.15) is 10.0 Å². The predicted octanol–water partition coefficient (Wildman–Crippen LogP) is 5.28. The number of nitriles is 1. The lowest BCUT2D eigenvalue weighted by molar-refractivity contribution is 0.571. The van der Waals surface area contributed by atoms with Crippen LogP contribution in [0.2, 0.25) is 0 Å². The van der Waals surface area contributed by atoms with Gasteiger partial charge in [-0.1, -0.05) is 55.5 Å². The number of rotatable bonds is 4. The first kappa shape index (κ1) is 18.8. The minimum absolute atomic E-state index is 0.114. The van der Waals surface area contributed by atoms with Crippen molar-refractivity contribution in [1.29, 1.82) is 5.26 Å². The van der Waals surface area contributed by atoms with Gasteiger partial charge < -0.3 is 5.73 Å². The molecule has 0 bridgehead atoms. The quantitative estimate of drug-likeness (QED) is 0.660. The van der Waals surface area contributed by atoms with Crippen LogP contribution < -0.4 is 5.73 Å². The maximum Gasteiger partial charge on any atom is 0.148 e. The van der Waals surface area contributed by atoms with Crippen molar-refractivity contribution >= 4 is 11.3 Å². The van der Waals surface area contributed by atoms with E-state index in [1.807, 2.05) is 6.07 Å². The lowest BCUT2D eigenvalue weighted by Gasteiger charge is -2.23. The van der Waals surface area contributed by atoms with E-state index in [0.29, 0.717) is 5.92 Å². The Balaban J connectivity index is 1.70. The van der Waals surface area contributed by atoms with Gasteiger partial charge in [0, 0.05) is 17.2 Å². The summed E-state index contributed by atoms with van der Waals surface area (Å²) >= 11 is 1.58. The third-order valence-corrected chi connectivity index (χ3v) is 6.32. The van der Waals surface area contributed by atoms with E-state index in [0.717, 1.165) is 58.0 Å². The Labute approximate surface area is 170 Å². The highest BCUT2D eigenvalue weighted by Crippen LogP contribution is 2.38. The van der Waals surface area contributed by atoms with Gasteiger partial charge in [0.05, 0.1) is 11.6 Å². The number of aromatic nitrogens is 2. The first-order valence-electron chi connectivity index (χ1n) is 9.81. The highest BCUT2D eigenvalue weighted by atomic mass is 32.1. The molecule has 1 heterocycles. The van der Waals surface area contributed by atoms with E-state index in [-0.39, 0.29) is 6.04 Å². The summed E-state index contributed by atoms with van der Waals surface area (Å²) in [7, 11) is 0. The van der Waals surface area contributed by atoms with Gasteiger partial charge in [-0.25, -0.2) is 0 Å². The fourth-order valence-electron chi connectivity index (χ4n) is 3.97. The van der Waals surface area contributed by atoms with Gasteiger partial charge in [-0.3, -0.25) is 0 Å². The summed E-state index contributed by atoms with van der Waals surface area (Å²) in [6.45, 7) is 4.33. The zero-order chi connectivity index (χ0) is 19.7. The number of benzene rings is 2. The average Bonchev–Trinajstić information content (AvgIpc) is 3.18. The molecule has 0 fully saturated rings. The van der Waals surface area contributed by atoms with Crippen LogP contribution in [0.15, 0.2) is 36.4 Å². The minimum atomic E-state index is 0.114. The summed E-state index contributed by atoms with van der Waals surface area (Å²) < 4.78 is 0. The molecule has 5 heteroatoms. The Morgan fingerprint density at radius 1 is 1.21 bits per heavy atom. The van der Waals surface area contributed by atoms with Crippen molar-refractivity contribution in [3.63, 3.8) is 0 Å². The van der Waals surface area contributed by atoms with Crippen molar-refractivity contribution in [1.82, 2.24) is 10.2 Å². The van der Waals surface area contributed by atoms with Crippen LogP contribution in [0.1, 0.15) is 55.0 Å². The topological polar surface area (TPSA) is 75.6 Å². The number of nitrogens with two attached hydrogens (primary N) is 1. The molecule has 4 nitrogen and oxygen atoms in total. The van der Waals surface area contributed by atoms with Crippen LogP contribution in [0.4, 0.5) is 0 Å². The van der Waals surface area contributed by atoms with E-state index in [9.17, 15) is 5.26 Å².